The van der Waals surface area contributed by atoms with Gasteiger partial charge in [0.15, 0.2) is 0 Å². The van der Waals surface area contributed by atoms with E-state index in [2.05, 4.69) is 13.8 Å². The Labute approximate surface area is 122 Å². The van der Waals surface area contributed by atoms with Gasteiger partial charge in [0.25, 0.3) is 0 Å². The van der Waals surface area contributed by atoms with Gasteiger partial charge in [0.05, 0.1) is 19.6 Å². The molecule has 2 nitrogen and oxygen atoms in total. The first kappa shape index (κ1) is 16.2. The predicted molar refractivity (Wildman–Crippen MR) is 81.4 cm³/mol. The molecule has 1 unspecified atom stereocenters. The molecule has 0 saturated heterocycles. The molecule has 19 heavy (non-hydrogen) atoms. The number of benzene rings is 1. The minimum Gasteiger partial charge on any atom is -0.497 e. The van der Waals surface area contributed by atoms with E-state index in [9.17, 15) is 0 Å². The van der Waals surface area contributed by atoms with Gasteiger partial charge in [-0.2, -0.15) is 0 Å². The normalized spacial score (nSPS) is 12.2. The monoisotopic (exact) mass is 284 g/mol. The van der Waals surface area contributed by atoms with Crippen LogP contribution in [0.3, 0.4) is 0 Å². The Morgan fingerprint density at radius 2 is 2.05 bits per heavy atom. The van der Waals surface area contributed by atoms with Crippen LogP contribution in [0.5, 0.6) is 11.5 Å². The molecule has 0 N–H and O–H groups in total. The number of rotatable bonds is 9. The van der Waals surface area contributed by atoms with Gasteiger partial charge in [0, 0.05) is 11.6 Å². The fourth-order valence-corrected chi connectivity index (χ4v) is 2.23. The third-order valence-electron chi connectivity index (χ3n) is 3.44. The lowest BCUT2D eigenvalue weighted by Gasteiger charge is -2.17. The topological polar surface area (TPSA) is 18.5 Å². The maximum absolute atomic E-state index is 5.96. The highest BCUT2D eigenvalue weighted by Gasteiger charge is 2.10. The van der Waals surface area contributed by atoms with E-state index in [1.54, 1.807) is 7.11 Å². The van der Waals surface area contributed by atoms with Crippen molar-refractivity contribution in [2.45, 2.75) is 45.4 Å². The van der Waals surface area contributed by atoms with Crippen LogP contribution in [0.1, 0.15) is 45.1 Å². The van der Waals surface area contributed by atoms with Crippen molar-refractivity contribution in [3.63, 3.8) is 0 Å². The molecule has 0 aliphatic rings. The Morgan fingerprint density at radius 1 is 1.26 bits per heavy atom. The highest BCUT2D eigenvalue weighted by Crippen LogP contribution is 2.27. The Balaban J connectivity index is 2.63. The van der Waals surface area contributed by atoms with Gasteiger partial charge < -0.3 is 9.47 Å². The Morgan fingerprint density at radius 3 is 2.63 bits per heavy atom. The summed E-state index contributed by atoms with van der Waals surface area (Å²) in [5.41, 5.74) is 1.02. The van der Waals surface area contributed by atoms with Gasteiger partial charge in [-0.05, 0) is 18.4 Å². The summed E-state index contributed by atoms with van der Waals surface area (Å²) in [6.07, 6.45) is 4.89. The molecule has 1 aromatic rings. The van der Waals surface area contributed by atoms with E-state index in [4.69, 9.17) is 21.1 Å². The summed E-state index contributed by atoms with van der Waals surface area (Å²) in [5.74, 6) is 2.74. The van der Waals surface area contributed by atoms with E-state index in [0.717, 1.165) is 30.1 Å². The van der Waals surface area contributed by atoms with Crippen molar-refractivity contribution in [3.8, 4) is 11.5 Å². The molecule has 0 fully saturated rings. The van der Waals surface area contributed by atoms with E-state index >= 15 is 0 Å². The van der Waals surface area contributed by atoms with Crippen molar-refractivity contribution in [1.29, 1.82) is 0 Å². The van der Waals surface area contributed by atoms with E-state index in [1.807, 2.05) is 18.2 Å². The van der Waals surface area contributed by atoms with Crippen LogP contribution in [-0.2, 0) is 5.88 Å². The first-order valence-electron chi connectivity index (χ1n) is 7.10. The molecule has 1 rings (SSSR count). The zero-order valence-electron chi connectivity index (χ0n) is 12.2. The number of hydrogen-bond acceptors (Lipinski definition) is 2. The van der Waals surface area contributed by atoms with Crippen molar-refractivity contribution in [2.75, 3.05) is 13.7 Å². The number of halogens is 1. The summed E-state index contributed by atoms with van der Waals surface area (Å²) >= 11 is 5.94. The van der Waals surface area contributed by atoms with E-state index in [0.29, 0.717) is 11.8 Å². The predicted octanol–water partition coefficient (Wildman–Crippen LogP) is 5.03. The van der Waals surface area contributed by atoms with E-state index < -0.39 is 0 Å². The second kappa shape index (κ2) is 9.08. The zero-order chi connectivity index (χ0) is 14.1. The fourth-order valence-electron chi connectivity index (χ4n) is 2.01. The lowest BCUT2D eigenvalue weighted by atomic mass is 10.0. The minimum atomic E-state index is 0.463. The van der Waals surface area contributed by atoms with E-state index in [-0.39, 0.29) is 0 Å². The maximum Gasteiger partial charge on any atom is 0.127 e. The lowest BCUT2D eigenvalue weighted by molar-refractivity contribution is 0.231. The van der Waals surface area contributed by atoms with Crippen LogP contribution in [0, 0.1) is 5.92 Å². The molecule has 0 saturated carbocycles. The van der Waals surface area contributed by atoms with Gasteiger partial charge in [-0.25, -0.2) is 0 Å². The molecule has 0 bridgehead atoms. The molecule has 3 heteroatoms. The largest absolute Gasteiger partial charge is 0.497 e. The molecule has 0 aromatic heterocycles. The van der Waals surface area contributed by atoms with Gasteiger partial charge in [0.2, 0.25) is 0 Å². The molecule has 0 heterocycles. The standard InChI is InChI=1S/C16H25ClO2/c1-4-6-7-13(5-2)12-19-16-10-15(18-3)9-8-14(16)11-17/h8-10,13H,4-7,11-12H2,1-3H3. The number of hydrogen-bond donors (Lipinski definition) is 0. The Bertz CT molecular complexity index is 366. The van der Waals surface area contributed by atoms with Gasteiger partial charge >= 0.3 is 0 Å². The van der Waals surface area contributed by atoms with Crippen molar-refractivity contribution in [3.05, 3.63) is 23.8 Å². The lowest BCUT2D eigenvalue weighted by Crippen LogP contribution is -2.12. The van der Waals surface area contributed by atoms with Crippen LogP contribution in [0.4, 0.5) is 0 Å². The van der Waals surface area contributed by atoms with E-state index in [1.165, 1.54) is 19.3 Å². The molecule has 0 radical (unpaired) electrons. The van der Waals surface area contributed by atoms with Gasteiger partial charge in [-0.1, -0.05) is 39.2 Å². The number of methoxy groups -OCH3 is 1. The Kier molecular flexibility index (Phi) is 7.73. The second-order valence-corrected chi connectivity index (χ2v) is 5.10. The van der Waals surface area contributed by atoms with Gasteiger partial charge in [-0.15, -0.1) is 11.6 Å². The quantitative estimate of drug-likeness (QED) is 0.592. The van der Waals surface area contributed by atoms with Crippen LogP contribution in [0.15, 0.2) is 18.2 Å². The summed E-state index contributed by atoms with van der Waals surface area (Å²) in [4.78, 5) is 0. The molecule has 108 valence electrons. The second-order valence-electron chi connectivity index (χ2n) is 4.83. The molecule has 0 amide bonds. The third-order valence-corrected chi connectivity index (χ3v) is 3.72. The molecular weight excluding hydrogens is 260 g/mol. The summed E-state index contributed by atoms with van der Waals surface area (Å²) < 4.78 is 11.2. The van der Waals surface area contributed by atoms with Crippen LogP contribution in [0.2, 0.25) is 0 Å². The Hall–Kier alpha value is -0.890. The van der Waals surface area contributed by atoms with Crippen LogP contribution in [0.25, 0.3) is 0 Å². The number of alkyl halides is 1. The average molecular weight is 285 g/mol. The SMILES string of the molecule is CCCCC(CC)COc1cc(OC)ccc1CCl. The van der Waals surface area contributed by atoms with Crippen LogP contribution in [-0.4, -0.2) is 13.7 Å². The molecule has 1 atom stereocenters. The fraction of sp³-hybridized carbons (Fsp3) is 0.625. The zero-order valence-corrected chi connectivity index (χ0v) is 13.0. The highest BCUT2D eigenvalue weighted by molar-refractivity contribution is 6.17. The maximum atomic E-state index is 5.96. The molecule has 1 aromatic carbocycles. The van der Waals surface area contributed by atoms with Gasteiger partial charge in [0.1, 0.15) is 11.5 Å². The van der Waals surface area contributed by atoms with Crippen LogP contribution < -0.4 is 9.47 Å². The van der Waals surface area contributed by atoms with Crippen molar-refractivity contribution in [2.24, 2.45) is 5.92 Å². The van der Waals surface area contributed by atoms with Crippen molar-refractivity contribution >= 4 is 11.6 Å². The van der Waals surface area contributed by atoms with Gasteiger partial charge in [-0.3, -0.25) is 0 Å². The first-order valence-corrected chi connectivity index (χ1v) is 7.64. The minimum absolute atomic E-state index is 0.463. The number of unbranched alkanes of at least 4 members (excludes halogenated alkanes) is 1. The van der Waals surface area contributed by atoms with Crippen molar-refractivity contribution in [1.82, 2.24) is 0 Å². The molecule has 0 aliphatic carbocycles. The van der Waals surface area contributed by atoms with Crippen molar-refractivity contribution < 1.29 is 9.47 Å². The number of ether oxygens (including phenoxy) is 2. The summed E-state index contributed by atoms with van der Waals surface area (Å²) in [6.45, 7) is 5.20. The molecule has 0 aliphatic heterocycles. The summed E-state index contributed by atoms with van der Waals surface area (Å²) in [5, 5.41) is 0. The summed E-state index contributed by atoms with van der Waals surface area (Å²) in [6, 6.07) is 5.80. The molecule has 0 spiro atoms. The molecular formula is C16H25ClO2. The summed E-state index contributed by atoms with van der Waals surface area (Å²) in [7, 11) is 1.66. The average Bonchev–Trinajstić information content (AvgIpc) is 2.47. The first-order chi connectivity index (χ1) is 9.24. The smallest absolute Gasteiger partial charge is 0.127 e. The van der Waals surface area contributed by atoms with Crippen LogP contribution >= 0.6 is 11.6 Å². The highest BCUT2D eigenvalue weighted by atomic mass is 35.5. The third kappa shape index (κ3) is 5.32.